The van der Waals surface area contributed by atoms with Crippen molar-refractivity contribution in [3.05, 3.63) is 0 Å². The number of nitrogens with zero attached hydrogens (tertiary/aromatic N) is 1. The normalized spacial score (nSPS) is 39.6. The Morgan fingerprint density at radius 1 is 1.26 bits per heavy atom. The van der Waals surface area contributed by atoms with Crippen LogP contribution in [0.25, 0.3) is 0 Å². The second kappa shape index (κ2) is 5.71. The average Bonchev–Trinajstić information content (AvgIpc) is 2.64. The maximum Gasteiger partial charge on any atom is 0.0777 e. The minimum atomic E-state index is 0.0709. The Hall–Kier alpha value is -0.120. The van der Waals surface area contributed by atoms with Gasteiger partial charge in [-0.15, -0.1) is 0 Å². The molecule has 112 valence electrons. The molecule has 1 saturated carbocycles. The summed E-state index contributed by atoms with van der Waals surface area (Å²) in [6, 6.07) is 0.656. The Labute approximate surface area is 119 Å². The summed E-state index contributed by atoms with van der Waals surface area (Å²) in [4.78, 5) is 2.63. The van der Waals surface area contributed by atoms with Gasteiger partial charge in [0, 0.05) is 26.2 Å². The van der Waals surface area contributed by atoms with E-state index in [1.807, 2.05) is 7.11 Å². The quantitative estimate of drug-likeness (QED) is 0.848. The van der Waals surface area contributed by atoms with E-state index in [2.05, 4.69) is 38.0 Å². The van der Waals surface area contributed by atoms with Gasteiger partial charge in [-0.3, -0.25) is 0 Å². The molecule has 1 aliphatic carbocycles. The minimum Gasteiger partial charge on any atom is -0.377 e. The third-order valence-corrected chi connectivity index (χ3v) is 5.51. The van der Waals surface area contributed by atoms with Gasteiger partial charge >= 0.3 is 0 Å². The smallest absolute Gasteiger partial charge is 0.0777 e. The van der Waals surface area contributed by atoms with Crippen LogP contribution in [0.2, 0.25) is 0 Å². The lowest BCUT2D eigenvalue weighted by atomic mass is 9.84. The van der Waals surface area contributed by atoms with Gasteiger partial charge in [0.15, 0.2) is 0 Å². The van der Waals surface area contributed by atoms with Gasteiger partial charge in [-0.1, -0.05) is 13.8 Å². The van der Waals surface area contributed by atoms with Crippen molar-refractivity contribution >= 4 is 0 Å². The molecule has 2 fully saturated rings. The molecule has 3 heteroatoms. The maximum absolute atomic E-state index is 5.71. The highest BCUT2D eigenvalue weighted by atomic mass is 16.5. The highest BCUT2D eigenvalue weighted by molar-refractivity contribution is 4.97. The lowest BCUT2D eigenvalue weighted by Gasteiger charge is -2.41. The molecule has 2 aliphatic rings. The Morgan fingerprint density at radius 2 is 2.00 bits per heavy atom. The van der Waals surface area contributed by atoms with Crippen LogP contribution in [0.1, 0.15) is 46.5 Å². The summed E-state index contributed by atoms with van der Waals surface area (Å²) >= 11 is 0. The SMILES string of the molecule is CNC1C(CN2CCCC(C)(OC)C2)CCC1(C)C. The molecular weight excluding hydrogens is 236 g/mol. The Balaban J connectivity index is 1.94. The number of piperidine rings is 1. The fourth-order valence-corrected chi connectivity index (χ4v) is 4.30. The number of hydrogen-bond acceptors (Lipinski definition) is 3. The van der Waals surface area contributed by atoms with E-state index in [0.29, 0.717) is 11.5 Å². The second-order valence-electron chi connectivity index (χ2n) is 7.55. The van der Waals surface area contributed by atoms with E-state index in [4.69, 9.17) is 4.74 Å². The first-order chi connectivity index (χ1) is 8.90. The van der Waals surface area contributed by atoms with Crippen LogP contribution in [0.5, 0.6) is 0 Å². The summed E-state index contributed by atoms with van der Waals surface area (Å²) in [5.41, 5.74) is 0.515. The van der Waals surface area contributed by atoms with Gasteiger partial charge in [0.2, 0.25) is 0 Å². The van der Waals surface area contributed by atoms with E-state index in [9.17, 15) is 0 Å². The first kappa shape index (κ1) is 15.3. The van der Waals surface area contributed by atoms with E-state index in [-0.39, 0.29) is 5.60 Å². The molecule has 1 heterocycles. The molecule has 1 N–H and O–H groups in total. The van der Waals surface area contributed by atoms with Crippen LogP contribution >= 0.6 is 0 Å². The van der Waals surface area contributed by atoms with E-state index in [0.717, 1.165) is 12.5 Å². The van der Waals surface area contributed by atoms with E-state index in [1.165, 1.54) is 38.8 Å². The van der Waals surface area contributed by atoms with Crippen LogP contribution in [-0.2, 0) is 4.74 Å². The summed E-state index contributed by atoms with van der Waals surface area (Å²) in [7, 11) is 3.98. The molecule has 0 amide bonds. The van der Waals surface area contributed by atoms with Crippen LogP contribution in [0.15, 0.2) is 0 Å². The maximum atomic E-state index is 5.71. The van der Waals surface area contributed by atoms with Crippen molar-refractivity contribution < 1.29 is 4.74 Å². The number of hydrogen-bond donors (Lipinski definition) is 1. The average molecular weight is 268 g/mol. The molecular formula is C16H32N2O. The molecule has 0 aromatic heterocycles. The Morgan fingerprint density at radius 3 is 2.63 bits per heavy atom. The van der Waals surface area contributed by atoms with Gasteiger partial charge < -0.3 is 15.0 Å². The minimum absolute atomic E-state index is 0.0709. The molecule has 0 aromatic carbocycles. The molecule has 3 unspecified atom stereocenters. The van der Waals surface area contributed by atoms with Crippen LogP contribution in [-0.4, -0.2) is 50.3 Å². The molecule has 1 aliphatic heterocycles. The third kappa shape index (κ3) is 3.32. The predicted molar refractivity (Wildman–Crippen MR) is 80.4 cm³/mol. The van der Waals surface area contributed by atoms with Gasteiger partial charge in [0.1, 0.15) is 0 Å². The topological polar surface area (TPSA) is 24.5 Å². The molecule has 19 heavy (non-hydrogen) atoms. The van der Waals surface area contributed by atoms with Gasteiger partial charge in [-0.25, -0.2) is 0 Å². The van der Waals surface area contributed by atoms with Crippen LogP contribution in [0.4, 0.5) is 0 Å². The molecule has 2 rings (SSSR count). The molecule has 0 bridgehead atoms. The predicted octanol–water partition coefficient (Wildman–Crippen LogP) is 2.51. The fraction of sp³-hybridized carbons (Fsp3) is 1.00. The summed E-state index contributed by atoms with van der Waals surface area (Å²) in [5, 5.41) is 3.57. The van der Waals surface area contributed by atoms with Gasteiger partial charge in [-0.05, 0) is 57.5 Å². The number of methoxy groups -OCH3 is 1. The first-order valence-electron chi connectivity index (χ1n) is 7.85. The molecule has 0 spiro atoms. The van der Waals surface area contributed by atoms with Crippen molar-refractivity contribution in [1.29, 1.82) is 0 Å². The summed E-state index contributed by atoms with van der Waals surface area (Å²) in [6.07, 6.45) is 5.17. The molecule has 0 aromatic rings. The van der Waals surface area contributed by atoms with E-state index < -0.39 is 0 Å². The summed E-state index contributed by atoms with van der Waals surface area (Å²) in [5.74, 6) is 0.791. The number of ether oxygens (including phenoxy) is 1. The van der Waals surface area contributed by atoms with Crippen molar-refractivity contribution in [2.75, 3.05) is 33.8 Å². The highest BCUT2D eigenvalue weighted by Gasteiger charge is 2.42. The standard InChI is InChI=1S/C16H32N2O/c1-15(2)9-7-13(14(15)17-4)11-18-10-6-8-16(3,12-18)19-5/h13-14,17H,6-12H2,1-5H3. The number of rotatable bonds is 4. The van der Waals surface area contributed by atoms with E-state index >= 15 is 0 Å². The number of likely N-dealkylation sites (tertiary alicyclic amines) is 1. The molecule has 1 saturated heterocycles. The van der Waals surface area contributed by atoms with Crippen molar-refractivity contribution in [3.63, 3.8) is 0 Å². The third-order valence-electron chi connectivity index (χ3n) is 5.51. The number of nitrogens with one attached hydrogen (secondary N) is 1. The highest BCUT2D eigenvalue weighted by Crippen LogP contribution is 2.41. The van der Waals surface area contributed by atoms with Gasteiger partial charge in [0.25, 0.3) is 0 Å². The molecule has 3 nitrogen and oxygen atoms in total. The lowest BCUT2D eigenvalue weighted by molar-refractivity contribution is -0.0544. The largest absolute Gasteiger partial charge is 0.377 e. The fourth-order valence-electron chi connectivity index (χ4n) is 4.30. The van der Waals surface area contributed by atoms with Crippen molar-refractivity contribution in [2.24, 2.45) is 11.3 Å². The van der Waals surface area contributed by atoms with Crippen LogP contribution in [0, 0.1) is 11.3 Å². The zero-order valence-corrected chi connectivity index (χ0v) is 13.5. The van der Waals surface area contributed by atoms with E-state index in [1.54, 1.807) is 0 Å². The summed E-state index contributed by atoms with van der Waals surface area (Å²) in [6.45, 7) is 10.6. The van der Waals surface area contributed by atoms with Crippen LogP contribution < -0.4 is 5.32 Å². The zero-order chi connectivity index (χ0) is 14.1. The lowest BCUT2D eigenvalue weighted by Crippen LogP contribution is -2.51. The van der Waals surface area contributed by atoms with Crippen molar-refractivity contribution in [3.8, 4) is 0 Å². The van der Waals surface area contributed by atoms with Crippen molar-refractivity contribution in [2.45, 2.75) is 58.1 Å². The molecule has 0 radical (unpaired) electrons. The zero-order valence-electron chi connectivity index (χ0n) is 13.5. The first-order valence-corrected chi connectivity index (χ1v) is 7.85. The van der Waals surface area contributed by atoms with Crippen molar-refractivity contribution in [1.82, 2.24) is 10.2 Å². The monoisotopic (exact) mass is 268 g/mol. The van der Waals surface area contributed by atoms with Gasteiger partial charge in [0.05, 0.1) is 5.60 Å². The Kier molecular flexibility index (Phi) is 4.59. The Bertz CT molecular complexity index is 305. The second-order valence-corrected chi connectivity index (χ2v) is 7.55. The van der Waals surface area contributed by atoms with Crippen LogP contribution in [0.3, 0.4) is 0 Å². The molecule has 3 atom stereocenters. The van der Waals surface area contributed by atoms with Gasteiger partial charge in [-0.2, -0.15) is 0 Å². The summed E-state index contributed by atoms with van der Waals surface area (Å²) < 4.78 is 5.71.